The molecule has 3 saturated heterocycles. The smallest absolute Gasteiger partial charge is 0.217 e. The molecule has 1 aliphatic carbocycles. The summed E-state index contributed by atoms with van der Waals surface area (Å²) in [6.45, 7) is 5.04. The van der Waals surface area contributed by atoms with E-state index in [1.165, 1.54) is 6.42 Å². The number of piperidine rings is 1. The van der Waals surface area contributed by atoms with Gasteiger partial charge in [-0.15, -0.1) is 0 Å². The van der Waals surface area contributed by atoms with E-state index in [1.54, 1.807) is 7.11 Å². The van der Waals surface area contributed by atoms with Crippen molar-refractivity contribution in [2.24, 2.45) is 11.8 Å². The largest absolute Gasteiger partial charge is 0.381 e. The summed E-state index contributed by atoms with van der Waals surface area (Å²) >= 11 is 0. The summed E-state index contributed by atoms with van der Waals surface area (Å²) in [4.78, 5) is 0. The van der Waals surface area contributed by atoms with E-state index in [9.17, 15) is 8.42 Å². The van der Waals surface area contributed by atoms with Gasteiger partial charge >= 0.3 is 0 Å². The third kappa shape index (κ3) is 4.71. The number of hydrazine groups is 2. The molecular formula is C20H40N6O3S. The van der Waals surface area contributed by atoms with Gasteiger partial charge in [-0.25, -0.2) is 23.2 Å². The van der Waals surface area contributed by atoms with Crippen LogP contribution in [0, 0.1) is 11.8 Å². The van der Waals surface area contributed by atoms with Gasteiger partial charge in [0, 0.05) is 45.9 Å². The van der Waals surface area contributed by atoms with Crippen LogP contribution in [0.15, 0.2) is 0 Å². The van der Waals surface area contributed by atoms with Crippen molar-refractivity contribution in [3.05, 3.63) is 0 Å². The minimum absolute atomic E-state index is 0.00741. The number of methoxy groups -OCH3 is 1. The molecule has 1 saturated carbocycles. The zero-order valence-electron chi connectivity index (χ0n) is 18.6. The molecule has 7 atom stereocenters. The van der Waals surface area contributed by atoms with E-state index in [1.807, 2.05) is 7.05 Å². The Balaban J connectivity index is 1.35. The van der Waals surface area contributed by atoms with E-state index in [-0.39, 0.29) is 24.4 Å². The van der Waals surface area contributed by atoms with Crippen LogP contribution in [-0.2, 0) is 14.8 Å². The van der Waals surface area contributed by atoms with E-state index in [4.69, 9.17) is 4.74 Å². The van der Waals surface area contributed by atoms with Crippen molar-refractivity contribution in [3.63, 3.8) is 0 Å². The minimum atomic E-state index is -3.39. The fraction of sp³-hybridized carbons (Fsp3) is 1.00. The number of rotatable bonds is 7. The predicted molar refractivity (Wildman–Crippen MR) is 117 cm³/mol. The summed E-state index contributed by atoms with van der Waals surface area (Å²) in [5, 5.41) is 7.35. The second kappa shape index (κ2) is 9.66. The zero-order chi connectivity index (χ0) is 21.3. The molecule has 0 amide bonds. The highest BCUT2D eigenvalue weighted by molar-refractivity contribution is 7.90. The lowest BCUT2D eigenvalue weighted by Crippen LogP contribution is -2.56. The van der Waals surface area contributed by atoms with Crippen LogP contribution in [0.5, 0.6) is 0 Å². The first-order valence-corrected chi connectivity index (χ1v) is 13.2. The molecule has 0 aromatic heterocycles. The highest BCUT2D eigenvalue weighted by Gasteiger charge is 2.44. The van der Waals surface area contributed by atoms with E-state index >= 15 is 0 Å². The molecule has 3 aliphatic heterocycles. The Morgan fingerprint density at radius 3 is 2.80 bits per heavy atom. The van der Waals surface area contributed by atoms with Crippen molar-refractivity contribution >= 4 is 10.0 Å². The van der Waals surface area contributed by atoms with Gasteiger partial charge in [0.1, 0.15) is 5.25 Å². The maximum atomic E-state index is 13.2. The van der Waals surface area contributed by atoms with Gasteiger partial charge in [0.15, 0.2) is 0 Å². The Morgan fingerprint density at radius 1 is 1.20 bits per heavy atom. The minimum Gasteiger partial charge on any atom is -0.381 e. The third-order valence-electron chi connectivity index (χ3n) is 7.74. The molecule has 4 fully saturated rings. The van der Waals surface area contributed by atoms with Crippen molar-refractivity contribution in [3.8, 4) is 0 Å². The van der Waals surface area contributed by atoms with Crippen LogP contribution in [0.2, 0.25) is 0 Å². The van der Waals surface area contributed by atoms with Gasteiger partial charge in [0.05, 0.1) is 12.3 Å². The predicted octanol–water partition coefficient (Wildman–Crippen LogP) is -0.167. The molecule has 0 bridgehead atoms. The first kappa shape index (κ1) is 22.8. The highest BCUT2D eigenvalue weighted by Crippen LogP contribution is 2.32. The second-order valence-electron chi connectivity index (χ2n) is 9.50. The molecule has 30 heavy (non-hydrogen) atoms. The Labute approximate surface area is 181 Å². The van der Waals surface area contributed by atoms with Gasteiger partial charge in [-0.2, -0.15) is 0 Å². The first-order chi connectivity index (χ1) is 14.4. The quantitative estimate of drug-likeness (QED) is 0.430. The molecule has 0 aromatic rings. The van der Waals surface area contributed by atoms with Crippen LogP contribution in [-0.4, -0.2) is 88.4 Å². The average Bonchev–Trinajstić information content (AvgIpc) is 3.38. The van der Waals surface area contributed by atoms with Crippen molar-refractivity contribution < 1.29 is 13.2 Å². The maximum absolute atomic E-state index is 13.2. The van der Waals surface area contributed by atoms with E-state index in [0.717, 1.165) is 45.2 Å². The van der Waals surface area contributed by atoms with Crippen molar-refractivity contribution in [1.82, 2.24) is 30.9 Å². The lowest BCUT2D eigenvalue weighted by atomic mass is 9.82. The summed E-state index contributed by atoms with van der Waals surface area (Å²) < 4.78 is 35.2. The van der Waals surface area contributed by atoms with Gasteiger partial charge in [-0.05, 0) is 50.5 Å². The summed E-state index contributed by atoms with van der Waals surface area (Å²) in [7, 11) is 0.431. The Morgan fingerprint density at radius 2 is 2.03 bits per heavy atom. The molecule has 4 aliphatic rings. The number of nitrogens with zero attached hydrogens (tertiary/aromatic N) is 2. The molecule has 7 unspecified atom stereocenters. The maximum Gasteiger partial charge on any atom is 0.217 e. The molecule has 9 nitrogen and oxygen atoms in total. The average molecular weight is 445 g/mol. The standard InChI is InChI=1S/C20H40N6O3S/c1-4-18(29-3)14-8-9-21-19(10-14)26-13-16(12-23-26)30(27,28)24-17-7-5-6-15-11-22-25(2)20(15)17/h14-24H,4-13H2,1-3H3. The van der Waals surface area contributed by atoms with Gasteiger partial charge in [0.2, 0.25) is 10.0 Å². The normalized spacial score (nSPS) is 39.8. The van der Waals surface area contributed by atoms with Gasteiger partial charge < -0.3 is 10.1 Å². The lowest BCUT2D eigenvalue weighted by Gasteiger charge is -2.38. The topological polar surface area (TPSA) is 98.0 Å². The van der Waals surface area contributed by atoms with Gasteiger partial charge in [-0.3, -0.25) is 10.9 Å². The summed E-state index contributed by atoms with van der Waals surface area (Å²) in [6.07, 6.45) is 6.69. The van der Waals surface area contributed by atoms with Crippen molar-refractivity contribution in [2.75, 3.05) is 40.3 Å². The number of fused-ring (bicyclic) bond motifs is 1. The first-order valence-electron chi connectivity index (χ1n) is 11.7. The lowest BCUT2D eigenvalue weighted by molar-refractivity contribution is 0.00408. The molecule has 4 rings (SSSR count). The van der Waals surface area contributed by atoms with Gasteiger partial charge in [-0.1, -0.05) is 13.3 Å². The number of ether oxygens (including phenoxy) is 1. The molecule has 0 aromatic carbocycles. The number of hydrogen-bond acceptors (Lipinski definition) is 8. The van der Waals surface area contributed by atoms with Crippen LogP contribution >= 0.6 is 0 Å². The Hall–Kier alpha value is -0.330. The van der Waals surface area contributed by atoms with E-state index in [0.29, 0.717) is 24.9 Å². The number of likely N-dealkylation sites (N-methyl/N-ethyl adjacent to an activating group) is 1. The summed E-state index contributed by atoms with van der Waals surface area (Å²) in [6, 6.07) is 0.242. The molecule has 4 N–H and O–H groups in total. The van der Waals surface area contributed by atoms with E-state index in [2.05, 4.69) is 37.8 Å². The van der Waals surface area contributed by atoms with Crippen LogP contribution in [0.4, 0.5) is 0 Å². The number of hydrogen-bond donors (Lipinski definition) is 4. The van der Waals surface area contributed by atoms with Gasteiger partial charge in [0.25, 0.3) is 0 Å². The van der Waals surface area contributed by atoms with Crippen molar-refractivity contribution in [1.29, 1.82) is 0 Å². The number of nitrogens with one attached hydrogen (secondary N) is 4. The molecular weight excluding hydrogens is 404 g/mol. The molecule has 3 heterocycles. The second-order valence-corrected chi connectivity index (χ2v) is 11.5. The zero-order valence-corrected chi connectivity index (χ0v) is 19.5. The molecule has 0 radical (unpaired) electrons. The molecule has 10 heteroatoms. The highest BCUT2D eigenvalue weighted by atomic mass is 32.2. The van der Waals surface area contributed by atoms with E-state index < -0.39 is 15.3 Å². The van der Waals surface area contributed by atoms with Crippen LogP contribution in [0.25, 0.3) is 0 Å². The van der Waals surface area contributed by atoms with Crippen LogP contribution < -0.4 is 20.9 Å². The summed E-state index contributed by atoms with van der Waals surface area (Å²) in [5.41, 5.74) is 6.74. The fourth-order valence-electron chi connectivity index (χ4n) is 6.09. The molecule has 0 spiro atoms. The monoisotopic (exact) mass is 444 g/mol. The van der Waals surface area contributed by atoms with Crippen LogP contribution in [0.1, 0.15) is 45.4 Å². The number of sulfonamides is 1. The Bertz CT molecular complexity index is 673. The fourth-order valence-corrected chi connectivity index (χ4v) is 7.61. The summed E-state index contributed by atoms with van der Waals surface area (Å²) in [5.74, 6) is 1.04. The van der Waals surface area contributed by atoms with Crippen LogP contribution in [0.3, 0.4) is 0 Å². The Kier molecular flexibility index (Phi) is 7.36. The SMILES string of the molecule is CCC(OC)C1CCNC(N2CC(S(=O)(=O)NC3CCCC4CNN(C)C43)CN2)C1. The third-order valence-corrected chi connectivity index (χ3v) is 9.57. The molecule has 174 valence electrons. The van der Waals surface area contributed by atoms with Crippen molar-refractivity contribution in [2.45, 2.75) is 75.1 Å².